The van der Waals surface area contributed by atoms with Gasteiger partial charge >= 0.3 is 0 Å². The van der Waals surface area contributed by atoms with Crippen molar-refractivity contribution < 1.29 is 4.74 Å². The molecule has 2 heterocycles. The molecule has 1 aromatic heterocycles. The summed E-state index contributed by atoms with van der Waals surface area (Å²) in [6.07, 6.45) is 6.46. The Morgan fingerprint density at radius 2 is 2.15 bits per heavy atom. The lowest BCUT2D eigenvalue weighted by atomic mass is 9.80. The smallest absolute Gasteiger partial charge is 0.0948 e. The highest BCUT2D eigenvalue weighted by molar-refractivity contribution is 4.99. The fourth-order valence-corrected chi connectivity index (χ4v) is 2.76. The maximum atomic E-state index is 5.05. The number of ether oxygens (including phenoxy) is 1. The van der Waals surface area contributed by atoms with Crippen LogP contribution in [0.3, 0.4) is 0 Å². The average Bonchev–Trinajstić information content (AvgIpc) is 2.86. The summed E-state index contributed by atoms with van der Waals surface area (Å²) in [5, 5.41) is 3.39. The zero-order chi connectivity index (χ0) is 14.4. The van der Waals surface area contributed by atoms with Gasteiger partial charge in [0, 0.05) is 32.9 Å². The molecule has 0 aliphatic carbocycles. The van der Waals surface area contributed by atoms with Gasteiger partial charge in [-0.3, -0.25) is 0 Å². The third kappa shape index (κ3) is 4.30. The van der Waals surface area contributed by atoms with Gasteiger partial charge in [-0.2, -0.15) is 0 Å². The van der Waals surface area contributed by atoms with Crippen molar-refractivity contribution in [3.8, 4) is 0 Å². The molecule has 0 spiro atoms. The maximum Gasteiger partial charge on any atom is 0.0948 e. The van der Waals surface area contributed by atoms with Gasteiger partial charge < -0.3 is 19.5 Å². The summed E-state index contributed by atoms with van der Waals surface area (Å²) in [4.78, 5) is 6.73. The fraction of sp³-hybridized carbons (Fsp3) is 0.800. The number of aromatic nitrogens is 2. The number of hydrogen-bond donors (Lipinski definition) is 1. The third-order valence-corrected chi connectivity index (χ3v) is 4.33. The van der Waals surface area contributed by atoms with Crippen molar-refractivity contribution >= 4 is 0 Å². The van der Waals surface area contributed by atoms with Gasteiger partial charge in [0.1, 0.15) is 0 Å². The van der Waals surface area contributed by atoms with E-state index in [-0.39, 0.29) is 0 Å². The second-order valence-corrected chi connectivity index (χ2v) is 6.30. The van der Waals surface area contributed by atoms with Gasteiger partial charge in [0.25, 0.3) is 0 Å². The van der Waals surface area contributed by atoms with Gasteiger partial charge in [-0.25, -0.2) is 4.98 Å². The summed E-state index contributed by atoms with van der Waals surface area (Å²) >= 11 is 0. The molecule has 20 heavy (non-hydrogen) atoms. The molecule has 0 radical (unpaired) electrons. The average molecular weight is 280 g/mol. The van der Waals surface area contributed by atoms with Crippen LogP contribution in [-0.2, 0) is 17.8 Å². The van der Waals surface area contributed by atoms with Crippen LogP contribution < -0.4 is 5.32 Å². The molecule has 1 aliphatic heterocycles. The van der Waals surface area contributed by atoms with Crippen LogP contribution in [0.4, 0.5) is 0 Å². The van der Waals surface area contributed by atoms with E-state index in [0.717, 1.165) is 26.2 Å². The van der Waals surface area contributed by atoms with E-state index in [0.29, 0.717) is 5.41 Å². The molecule has 5 nitrogen and oxygen atoms in total. The monoisotopic (exact) mass is 280 g/mol. The molecule has 1 fully saturated rings. The SMILES string of the molecule is COCCNCc1cncn1CC1(C)CCN(C)CC1. The number of likely N-dealkylation sites (tertiary alicyclic amines) is 1. The third-order valence-electron chi connectivity index (χ3n) is 4.33. The molecule has 0 bridgehead atoms. The van der Waals surface area contributed by atoms with E-state index in [9.17, 15) is 0 Å². The van der Waals surface area contributed by atoms with Gasteiger partial charge in [-0.15, -0.1) is 0 Å². The molecule has 2 rings (SSSR count). The Morgan fingerprint density at radius 3 is 2.85 bits per heavy atom. The molecular formula is C15H28N4O. The van der Waals surface area contributed by atoms with E-state index in [1.165, 1.54) is 31.6 Å². The number of nitrogens with zero attached hydrogens (tertiary/aromatic N) is 3. The molecule has 1 aromatic rings. The molecular weight excluding hydrogens is 252 g/mol. The van der Waals surface area contributed by atoms with Crippen LogP contribution in [0.1, 0.15) is 25.5 Å². The van der Waals surface area contributed by atoms with E-state index in [1.807, 2.05) is 12.5 Å². The molecule has 5 heteroatoms. The van der Waals surface area contributed by atoms with Gasteiger partial charge in [0.05, 0.1) is 18.6 Å². The number of rotatable bonds is 7. The highest BCUT2D eigenvalue weighted by atomic mass is 16.5. The Morgan fingerprint density at radius 1 is 1.40 bits per heavy atom. The Balaban J connectivity index is 1.88. The van der Waals surface area contributed by atoms with Crippen molar-refractivity contribution in [2.75, 3.05) is 40.4 Å². The summed E-state index contributed by atoms with van der Waals surface area (Å²) in [6, 6.07) is 0. The van der Waals surface area contributed by atoms with Crippen molar-refractivity contribution in [1.29, 1.82) is 0 Å². The lowest BCUT2D eigenvalue weighted by molar-refractivity contribution is 0.119. The molecule has 114 valence electrons. The first-order valence-corrected chi connectivity index (χ1v) is 7.50. The van der Waals surface area contributed by atoms with E-state index < -0.39 is 0 Å². The second-order valence-electron chi connectivity index (χ2n) is 6.30. The first-order chi connectivity index (χ1) is 9.63. The molecule has 0 unspecified atom stereocenters. The van der Waals surface area contributed by atoms with Gasteiger partial charge in [0.15, 0.2) is 0 Å². The minimum absolute atomic E-state index is 0.397. The maximum absolute atomic E-state index is 5.05. The number of methoxy groups -OCH3 is 1. The minimum Gasteiger partial charge on any atom is -0.383 e. The Kier molecular flexibility index (Phi) is 5.57. The van der Waals surface area contributed by atoms with Gasteiger partial charge in [-0.1, -0.05) is 6.92 Å². The summed E-state index contributed by atoms with van der Waals surface area (Å²) in [6.45, 7) is 8.37. The Labute approximate surface area is 122 Å². The molecule has 1 N–H and O–H groups in total. The molecule has 0 aromatic carbocycles. The predicted octanol–water partition coefficient (Wildman–Crippen LogP) is 1.35. The van der Waals surface area contributed by atoms with E-state index >= 15 is 0 Å². The minimum atomic E-state index is 0.397. The number of nitrogens with one attached hydrogen (secondary N) is 1. The number of hydrogen-bond acceptors (Lipinski definition) is 4. The topological polar surface area (TPSA) is 42.3 Å². The van der Waals surface area contributed by atoms with E-state index in [4.69, 9.17) is 4.74 Å². The number of piperidine rings is 1. The van der Waals surface area contributed by atoms with Gasteiger partial charge in [-0.05, 0) is 38.4 Å². The molecule has 1 aliphatic rings. The Bertz CT molecular complexity index is 396. The van der Waals surface area contributed by atoms with E-state index in [1.54, 1.807) is 7.11 Å². The van der Waals surface area contributed by atoms with E-state index in [2.05, 4.69) is 33.7 Å². The second kappa shape index (κ2) is 7.20. The first-order valence-electron chi connectivity index (χ1n) is 7.50. The molecule has 0 amide bonds. The first kappa shape index (κ1) is 15.5. The Hall–Kier alpha value is -0.910. The summed E-state index contributed by atoms with van der Waals surface area (Å²) < 4.78 is 7.36. The van der Waals surface area contributed by atoms with Crippen LogP contribution >= 0.6 is 0 Å². The number of imidazole rings is 1. The van der Waals surface area contributed by atoms with Crippen LogP contribution in [0.25, 0.3) is 0 Å². The summed E-state index contributed by atoms with van der Waals surface area (Å²) in [7, 11) is 3.94. The van der Waals surface area contributed by atoms with Crippen LogP contribution in [0.5, 0.6) is 0 Å². The zero-order valence-corrected chi connectivity index (χ0v) is 13.1. The van der Waals surface area contributed by atoms with Crippen molar-refractivity contribution in [3.63, 3.8) is 0 Å². The summed E-state index contributed by atoms with van der Waals surface area (Å²) in [5.41, 5.74) is 1.66. The summed E-state index contributed by atoms with van der Waals surface area (Å²) in [5.74, 6) is 0. The molecule has 0 saturated carbocycles. The molecule has 0 atom stereocenters. The lowest BCUT2D eigenvalue weighted by Crippen LogP contribution is -2.38. The highest BCUT2D eigenvalue weighted by Crippen LogP contribution is 2.32. The standard InChI is InChI=1S/C15H28N4O/c1-15(4-7-18(2)8-5-15)12-19-13-17-11-14(19)10-16-6-9-20-3/h11,13,16H,4-10,12H2,1-3H3. The highest BCUT2D eigenvalue weighted by Gasteiger charge is 2.29. The lowest BCUT2D eigenvalue weighted by Gasteiger charge is -2.38. The largest absolute Gasteiger partial charge is 0.383 e. The quantitative estimate of drug-likeness (QED) is 0.766. The van der Waals surface area contributed by atoms with Crippen molar-refractivity contribution in [2.24, 2.45) is 5.41 Å². The van der Waals surface area contributed by atoms with Gasteiger partial charge in [0.2, 0.25) is 0 Å². The predicted molar refractivity (Wildman–Crippen MR) is 80.6 cm³/mol. The van der Waals surface area contributed by atoms with Crippen LogP contribution in [0.15, 0.2) is 12.5 Å². The van der Waals surface area contributed by atoms with Crippen molar-refractivity contribution in [3.05, 3.63) is 18.2 Å². The normalized spacial score (nSPS) is 19.4. The van der Waals surface area contributed by atoms with Crippen molar-refractivity contribution in [1.82, 2.24) is 19.8 Å². The fourth-order valence-electron chi connectivity index (χ4n) is 2.76. The van der Waals surface area contributed by atoms with Crippen LogP contribution in [0, 0.1) is 5.41 Å². The van der Waals surface area contributed by atoms with Crippen LogP contribution in [0.2, 0.25) is 0 Å². The molecule has 1 saturated heterocycles. The van der Waals surface area contributed by atoms with Crippen molar-refractivity contribution in [2.45, 2.75) is 32.9 Å². The van der Waals surface area contributed by atoms with Crippen LogP contribution in [-0.4, -0.2) is 54.8 Å². The zero-order valence-electron chi connectivity index (χ0n) is 13.1.